The van der Waals surface area contributed by atoms with Crippen molar-refractivity contribution in [3.05, 3.63) is 12.1 Å². The molecule has 1 aliphatic heterocycles. The second-order valence-corrected chi connectivity index (χ2v) is 5.34. The van der Waals surface area contributed by atoms with Gasteiger partial charge in [0.05, 0.1) is 5.08 Å². The molecular weight excluding hydrogens is 250 g/mol. The van der Waals surface area contributed by atoms with Gasteiger partial charge in [0.2, 0.25) is 6.79 Å². The largest absolute Gasteiger partial charge is 0.454 e. The highest BCUT2D eigenvalue weighted by atomic mass is 32.2. The van der Waals surface area contributed by atoms with E-state index in [4.69, 9.17) is 9.47 Å². The fourth-order valence-corrected chi connectivity index (χ4v) is 2.76. The van der Waals surface area contributed by atoms with Gasteiger partial charge in [-0.05, 0) is 18.9 Å². The molecule has 0 amide bonds. The Morgan fingerprint density at radius 1 is 1.44 bits per heavy atom. The van der Waals surface area contributed by atoms with Crippen LogP contribution in [-0.4, -0.2) is 27.0 Å². The zero-order valence-electron chi connectivity index (χ0n) is 8.21. The molecule has 7 heteroatoms. The minimum Gasteiger partial charge on any atom is -0.454 e. The van der Waals surface area contributed by atoms with E-state index in [9.17, 15) is 8.42 Å². The molecule has 5 nitrogen and oxygen atoms in total. The Bertz CT molecular complexity index is 491. The maximum atomic E-state index is 10.5. The van der Waals surface area contributed by atoms with E-state index in [1.807, 2.05) is 0 Å². The van der Waals surface area contributed by atoms with Crippen LogP contribution < -0.4 is 9.47 Å². The topological polar surface area (TPSA) is 65.0 Å². The van der Waals surface area contributed by atoms with Gasteiger partial charge in [-0.2, -0.15) is 0 Å². The number of rotatable bonds is 4. The Labute approximate surface area is 98.4 Å². The lowest BCUT2D eigenvalue weighted by molar-refractivity contribution is 0.174. The first kappa shape index (κ1) is 11.3. The van der Waals surface area contributed by atoms with Crippen molar-refractivity contribution in [2.75, 3.05) is 11.9 Å². The predicted octanol–water partition coefficient (Wildman–Crippen LogP) is 1.41. The van der Waals surface area contributed by atoms with Crippen LogP contribution >= 0.6 is 11.8 Å². The van der Waals surface area contributed by atoms with Gasteiger partial charge in [0, 0.05) is 4.90 Å². The highest BCUT2D eigenvalue weighted by molar-refractivity contribution is 8.07. The lowest BCUT2D eigenvalue weighted by Crippen LogP contribution is -1.93. The van der Waals surface area contributed by atoms with Gasteiger partial charge in [-0.25, -0.2) is 8.42 Å². The average Bonchev–Trinajstić information content (AvgIpc) is 2.73. The van der Waals surface area contributed by atoms with Gasteiger partial charge >= 0.3 is 0 Å². The van der Waals surface area contributed by atoms with Gasteiger partial charge in [-0.3, -0.25) is 4.99 Å². The molecule has 0 N–H and O–H groups in total. The standard InChI is InChI=1S/C9H9NO4S2/c1-10-8-7(15-5-16(11)12)3-2-6-9(8)14-4-13-6/h2-3,16H,1,4-5H2. The van der Waals surface area contributed by atoms with Crippen molar-refractivity contribution in [3.8, 4) is 11.5 Å². The molecule has 0 atom stereocenters. The molecule has 16 heavy (non-hydrogen) atoms. The molecule has 0 saturated carbocycles. The molecule has 0 aliphatic carbocycles. The lowest BCUT2D eigenvalue weighted by Gasteiger charge is -2.05. The fraction of sp³-hybridized carbons (Fsp3) is 0.222. The molecule has 0 fully saturated rings. The first-order valence-corrected chi connectivity index (χ1v) is 6.71. The van der Waals surface area contributed by atoms with Crippen LogP contribution in [0.1, 0.15) is 0 Å². The predicted molar refractivity (Wildman–Crippen MR) is 62.8 cm³/mol. The summed E-state index contributed by atoms with van der Waals surface area (Å²) in [4.78, 5) is 4.57. The minimum absolute atomic E-state index is 0.0114. The molecule has 0 radical (unpaired) electrons. The van der Waals surface area contributed by atoms with E-state index in [2.05, 4.69) is 11.7 Å². The summed E-state index contributed by atoms with van der Waals surface area (Å²) in [6.45, 7) is 3.60. The van der Waals surface area contributed by atoms with Crippen LogP contribution in [0.15, 0.2) is 22.0 Å². The number of aliphatic imine (C=N–C) groups is 1. The zero-order chi connectivity index (χ0) is 11.5. The summed E-state index contributed by atoms with van der Waals surface area (Å²) in [5.41, 5.74) is 0.539. The van der Waals surface area contributed by atoms with E-state index < -0.39 is 10.7 Å². The molecule has 2 rings (SSSR count). The third-order valence-electron chi connectivity index (χ3n) is 1.96. The summed E-state index contributed by atoms with van der Waals surface area (Å²) < 4.78 is 31.5. The van der Waals surface area contributed by atoms with E-state index in [0.29, 0.717) is 17.2 Å². The van der Waals surface area contributed by atoms with Gasteiger partial charge in [0.1, 0.15) is 16.4 Å². The average molecular weight is 259 g/mol. The van der Waals surface area contributed by atoms with Crippen LogP contribution in [0.5, 0.6) is 11.5 Å². The van der Waals surface area contributed by atoms with Crippen LogP contribution in [0.4, 0.5) is 5.69 Å². The summed E-state index contributed by atoms with van der Waals surface area (Å²) in [5.74, 6) is 1.14. The SMILES string of the molecule is C=Nc1c(SC[SH](=O)=O)ccc2c1OCO2. The maximum absolute atomic E-state index is 10.5. The fourth-order valence-electron chi connectivity index (χ4n) is 1.33. The van der Waals surface area contributed by atoms with Crippen LogP contribution in [0.3, 0.4) is 0 Å². The molecule has 0 aromatic heterocycles. The summed E-state index contributed by atoms with van der Waals surface area (Å²) >= 11 is 1.18. The zero-order valence-corrected chi connectivity index (χ0v) is 9.92. The first-order valence-electron chi connectivity index (χ1n) is 4.36. The van der Waals surface area contributed by atoms with Crippen molar-refractivity contribution >= 4 is 34.9 Å². The number of benzene rings is 1. The Hall–Kier alpha value is -1.21. The second kappa shape index (κ2) is 4.75. The van der Waals surface area contributed by atoms with Crippen molar-refractivity contribution < 1.29 is 17.9 Å². The number of hydrogen-bond acceptors (Lipinski definition) is 6. The van der Waals surface area contributed by atoms with Crippen molar-refractivity contribution in [3.63, 3.8) is 0 Å². The van der Waals surface area contributed by atoms with E-state index >= 15 is 0 Å². The molecular formula is C9H9NO4S2. The molecule has 0 unspecified atom stereocenters. The molecule has 1 aromatic rings. The van der Waals surface area contributed by atoms with Gasteiger partial charge in [-0.15, -0.1) is 11.8 Å². The van der Waals surface area contributed by atoms with E-state index in [1.165, 1.54) is 11.8 Å². The van der Waals surface area contributed by atoms with Crippen LogP contribution in [0.2, 0.25) is 0 Å². The third-order valence-corrected chi connectivity index (χ3v) is 3.96. The van der Waals surface area contributed by atoms with Crippen LogP contribution in [-0.2, 0) is 10.7 Å². The minimum atomic E-state index is -2.42. The van der Waals surface area contributed by atoms with E-state index in [1.54, 1.807) is 12.1 Å². The van der Waals surface area contributed by atoms with Gasteiger partial charge in [-0.1, -0.05) is 0 Å². The Morgan fingerprint density at radius 3 is 2.94 bits per heavy atom. The summed E-state index contributed by atoms with van der Waals surface area (Å²) in [5, 5.41) is 0.0114. The van der Waals surface area contributed by atoms with Crippen molar-refractivity contribution in [2.45, 2.75) is 4.90 Å². The Kier molecular flexibility index (Phi) is 3.35. The second-order valence-electron chi connectivity index (χ2n) is 2.91. The van der Waals surface area contributed by atoms with Crippen molar-refractivity contribution in [1.82, 2.24) is 0 Å². The Morgan fingerprint density at radius 2 is 2.25 bits per heavy atom. The number of hydrogen-bond donors (Lipinski definition) is 1. The quantitative estimate of drug-likeness (QED) is 0.503. The highest BCUT2D eigenvalue weighted by Crippen LogP contribution is 2.46. The van der Waals surface area contributed by atoms with Crippen molar-refractivity contribution in [1.29, 1.82) is 0 Å². The van der Waals surface area contributed by atoms with Gasteiger partial charge in [0.25, 0.3) is 0 Å². The lowest BCUT2D eigenvalue weighted by atomic mass is 10.3. The third kappa shape index (κ3) is 2.14. The maximum Gasteiger partial charge on any atom is 0.231 e. The number of fused-ring (bicyclic) bond motifs is 1. The monoisotopic (exact) mass is 259 g/mol. The van der Waals surface area contributed by atoms with E-state index in [-0.39, 0.29) is 11.9 Å². The number of thiol groups is 1. The van der Waals surface area contributed by atoms with E-state index in [0.717, 1.165) is 4.90 Å². The summed E-state index contributed by atoms with van der Waals surface area (Å²) in [7, 11) is -2.42. The van der Waals surface area contributed by atoms with Crippen LogP contribution in [0, 0.1) is 0 Å². The summed E-state index contributed by atoms with van der Waals surface area (Å²) in [6, 6.07) is 3.48. The normalized spacial score (nSPS) is 13.1. The summed E-state index contributed by atoms with van der Waals surface area (Å²) in [6.07, 6.45) is 0. The Balaban J connectivity index is 2.35. The molecule has 1 aromatic carbocycles. The number of nitrogens with zero attached hydrogens (tertiary/aromatic N) is 1. The molecule has 0 saturated heterocycles. The molecule has 0 bridgehead atoms. The molecule has 1 heterocycles. The highest BCUT2D eigenvalue weighted by Gasteiger charge is 2.20. The number of ether oxygens (including phenoxy) is 2. The first-order chi connectivity index (χ1) is 7.72. The molecule has 0 spiro atoms. The van der Waals surface area contributed by atoms with Gasteiger partial charge < -0.3 is 9.47 Å². The van der Waals surface area contributed by atoms with Gasteiger partial charge in [0.15, 0.2) is 11.5 Å². The number of thioether (sulfide) groups is 1. The van der Waals surface area contributed by atoms with Crippen molar-refractivity contribution in [2.24, 2.45) is 4.99 Å². The smallest absolute Gasteiger partial charge is 0.231 e. The molecule has 86 valence electrons. The molecule has 1 aliphatic rings. The van der Waals surface area contributed by atoms with Crippen LogP contribution in [0.25, 0.3) is 0 Å².